The Bertz CT molecular complexity index is 429. The van der Waals surface area contributed by atoms with Crippen molar-refractivity contribution in [1.29, 1.82) is 0 Å². The highest BCUT2D eigenvalue weighted by Gasteiger charge is 2.26. The molecule has 1 aromatic heterocycles. The molecule has 1 N–H and O–H groups in total. The van der Waals surface area contributed by atoms with Crippen LogP contribution in [0.25, 0.3) is 0 Å². The molecular weight excluding hydrogens is 282 g/mol. The molecule has 5 nitrogen and oxygen atoms in total. The molecule has 2 atom stereocenters. The number of rotatable bonds is 7. The van der Waals surface area contributed by atoms with Crippen LogP contribution in [0.1, 0.15) is 64.3 Å². The fourth-order valence-electron chi connectivity index (χ4n) is 3.87. The normalized spacial score (nSPS) is 26.7. The van der Waals surface area contributed by atoms with Gasteiger partial charge in [0.1, 0.15) is 0 Å². The average molecular weight is 309 g/mol. The summed E-state index contributed by atoms with van der Waals surface area (Å²) in [6.45, 7) is 3.30. The van der Waals surface area contributed by atoms with Gasteiger partial charge >= 0.3 is 0 Å². The quantitative estimate of drug-likeness (QED) is 0.785. The number of tetrazole rings is 1. The molecule has 1 heterocycles. The van der Waals surface area contributed by atoms with E-state index in [0.29, 0.717) is 6.04 Å². The van der Waals surface area contributed by atoms with Crippen LogP contribution in [0.5, 0.6) is 0 Å². The van der Waals surface area contributed by atoms with Gasteiger partial charge in [-0.25, -0.2) is 4.68 Å². The van der Waals surface area contributed by atoms with Gasteiger partial charge in [-0.1, -0.05) is 37.9 Å². The van der Waals surface area contributed by atoms with Gasteiger partial charge < -0.3 is 5.32 Å². The van der Waals surface area contributed by atoms with Crippen molar-refractivity contribution in [1.82, 2.24) is 25.5 Å². The number of nitrogens with zero attached hydrogens (tertiary/aromatic N) is 4. The van der Waals surface area contributed by atoms with Crippen molar-refractivity contribution in [2.24, 2.45) is 5.92 Å². The summed E-state index contributed by atoms with van der Waals surface area (Å²) < 4.78 is 2.08. The van der Waals surface area contributed by atoms with Gasteiger partial charge in [0.25, 0.3) is 0 Å². The van der Waals surface area contributed by atoms with Gasteiger partial charge in [0.15, 0.2) is 0 Å². The van der Waals surface area contributed by atoms with E-state index in [0.717, 1.165) is 29.4 Å². The Kier molecular flexibility index (Phi) is 5.52. The molecule has 21 heavy (non-hydrogen) atoms. The summed E-state index contributed by atoms with van der Waals surface area (Å²) in [5.74, 6) is 1.98. The van der Waals surface area contributed by atoms with Crippen LogP contribution in [0.15, 0.2) is 5.16 Å². The molecule has 0 aliphatic heterocycles. The summed E-state index contributed by atoms with van der Waals surface area (Å²) in [4.78, 5) is 0. The zero-order chi connectivity index (χ0) is 14.5. The number of thioether (sulfide) groups is 1. The van der Waals surface area contributed by atoms with Gasteiger partial charge in [0, 0.05) is 11.8 Å². The van der Waals surface area contributed by atoms with E-state index in [1.165, 1.54) is 51.4 Å². The Balaban J connectivity index is 1.48. The smallest absolute Gasteiger partial charge is 0.209 e. The first kappa shape index (κ1) is 15.3. The van der Waals surface area contributed by atoms with Gasteiger partial charge in [0.05, 0.1) is 6.04 Å². The lowest BCUT2D eigenvalue weighted by molar-refractivity contribution is 0.399. The van der Waals surface area contributed by atoms with E-state index in [1.807, 2.05) is 11.8 Å². The van der Waals surface area contributed by atoms with Crippen LogP contribution in [0.4, 0.5) is 0 Å². The molecule has 0 saturated heterocycles. The molecule has 2 aliphatic carbocycles. The summed E-state index contributed by atoms with van der Waals surface area (Å²) >= 11 is 1.85. The first-order valence-electron chi connectivity index (χ1n) is 8.52. The van der Waals surface area contributed by atoms with Crippen LogP contribution in [0.2, 0.25) is 0 Å². The summed E-state index contributed by atoms with van der Waals surface area (Å²) in [6, 6.07) is 1.28. The molecule has 1 aromatic rings. The van der Waals surface area contributed by atoms with Crippen LogP contribution in [-0.4, -0.2) is 38.5 Å². The Morgan fingerprint density at radius 2 is 2.05 bits per heavy atom. The maximum Gasteiger partial charge on any atom is 0.209 e. The predicted molar refractivity (Wildman–Crippen MR) is 85.5 cm³/mol. The molecule has 2 fully saturated rings. The topological polar surface area (TPSA) is 55.6 Å². The van der Waals surface area contributed by atoms with Crippen LogP contribution < -0.4 is 5.32 Å². The molecule has 0 spiro atoms. The highest BCUT2D eigenvalue weighted by Crippen LogP contribution is 2.33. The molecule has 2 unspecified atom stereocenters. The number of hydrogen-bond donors (Lipinski definition) is 1. The van der Waals surface area contributed by atoms with Crippen LogP contribution in [0, 0.1) is 5.92 Å². The Labute approximate surface area is 131 Å². The second kappa shape index (κ2) is 7.58. The van der Waals surface area contributed by atoms with E-state index in [9.17, 15) is 0 Å². The molecule has 0 aromatic carbocycles. The van der Waals surface area contributed by atoms with E-state index in [1.54, 1.807) is 0 Å². The predicted octanol–water partition coefficient (Wildman–Crippen LogP) is 3.05. The van der Waals surface area contributed by atoms with Crippen LogP contribution >= 0.6 is 11.8 Å². The third-order valence-electron chi connectivity index (χ3n) is 4.98. The van der Waals surface area contributed by atoms with Crippen molar-refractivity contribution in [2.45, 2.75) is 75.5 Å². The van der Waals surface area contributed by atoms with Crippen LogP contribution in [-0.2, 0) is 0 Å². The average Bonchev–Trinajstić information content (AvgIpc) is 3.19. The lowest BCUT2D eigenvalue weighted by Gasteiger charge is -2.20. The molecule has 3 rings (SSSR count). The molecule has 2 saturated carbocycles. The second-order valence-corrected chi connectivity index (χ2v) is 7.40. The highest BCUT2D eigenvalue weighted by molar-refractivity contribution is 7.99. The van der Waals surface area contributed by atoms with Gasteiger partial charge in [-0.2, -0.15) is 0 Å². The molecule has 2 aliphatic rings. The largest absolute Gasteiger partial charge is 0.314 e. The lowest BCUT2D eigenvalue weighted by Crippen LogP contribution is -2.32. The molecular formula is C15H27N5S. The molecule has 6 heteroatoms. The van der Waals surface area contributed by atoms with E-state index in [-0.39, 0.29) is 0 Å². The zero-order valence-electron chi connectivity index (χ0n) is 13.0. The maximum atomic E-state index is 4.23. The summed E-state index contributed by atoms with van der Waals surface area (Å²) in [7, 11) is 0. The molecule has 0 bridgehead atoms. The van der Waals surface area contributed by atoms with E-state index in [2.05, 4.69) is 32.4 Å². The number of hydrogen-bond acceptors (Lipinski definition) is 5. The summed E-state index contributed by atoms with van der Waals surface area (Å²) in [5, 5.41) is 17.0. The third-order valence-corrected chi connectivity index (χ3v) is 5.95. The van der Waals surface area contributed by atoms with E-state index < -0.39 is 0 Å². The van der Waals surface area contributed by atoms with Crippen molar-refractivity contribution < 1.29 is 0 Å². The fourth-order valence-corrected chi connectivity index (χ4v) is 4.89. The van der Waals surface area contributed by atoms with Crippen molar-refractivity contribution in [3.05, 3.63) is 0 Å². The van der Waals surface area contributed by atoms with Gasteiger partial charge in [0.2, 0.25) is 5.16 Å². The Morgan fingerprint density at radius 1 is 1.19 bits per heavy atom. The van der Waals surface area contributed by atoms with E-state index in [4.69, 9.17) is 0 Å². The minimum Gasteiger partial charge on any atom is -0.314 e. The molecule has 0 radical (unpaired) electrons. The summed E-state index contributed by atoms with van der Waals surface area (Å²) in [5.41, 5.74) is 0. The third kappa shape index (κ3) is 3.77. The minimum atomic E-state index is 0.545. The van der Waals surface area contributed by atoms with E-state index >= 15 is 0 Å². The minimum absolute atomic E-state index is 0.545. The molecule has 118 valence electrons. The van der Waals surface area contributed by atoms with Crippen molar-refractivity contribution in [2.75, 3.05) is 12.3 Å². The monoisotopic (exact) mass is 309 g/mol. The van der Waals surface area contributed by atoms with Crippen LogP contribution in [0.3, 0.4) is 0 Å². The SMILES string of the molecule is CCNC1CCCC1CCSc1nnnn1C1CCCC1. The fraction of sp³-hybridized carbons (Fsp3) is 0.933. The van der Waals surface area contributed by atoms with Crippen molar-refractivity contribution in [3.63, 3.8) is 0 Å². The zero-order valence-corrected chi connectivity index (χ0v) is 13.8. The first-order valence-corrected chi connectivity index (χ1v) is 9.51. The number of nitrogens with one attached hydrogen (secondary N) is 1. The number of aromatic nitrogens is 4. The molecule has 0 amide bonds. The van der Waals surface area contributed by atoms with Gasteiger partial charge in [-0.3, -0.25) is 0 Å². The first-order chi connectivity index (χ1) is 10.4. The maximum absolute atomic E-state index is 4.23. The Morgan fingerprint density at radius 3 is 2.86 bits per heavy atom. The van der Waals surface area contributed by atoms with Gasteiger partial charge in [-0.15, -0.1) is 5.10 Å². The second-order valence-electron chi connectivity index (χ2n) is 6.34. The van der Waals surface area contributed by atoms with Crippen molar-refractivity contribution >= 4 is 11.8 Å². The van der Waals surface area contributed by atoms with Gasteiger partial charge in [-0.05, 0) is 55.0 Å². The lowest BCUT2D eigenvalue weighted by atomic mass is 10.0. The Hall–Kier alpha value is -0.620. The summed E-state index contributed by atoms with van der Waals surface area (Å²) in [6.07, 6.45) is 10.5. The standard InChI is InChI=1S/C15H27N5S/c1-2-16-14-9-5-6-12(14)10-11-21-15-17-18-19-20(15)13-7-3-4-8-13/h12-14,16H,2-11H2,1H3. The van der Waals surface area contributed by atoms with Crippen molar-refractivity contribution in [3.8, 4) is 0 Å². The highest BCUT2D eigenvalue weighted by atomic mass is 32.2.